The summed E-state index contributed by atoms with van der Waals surface area (Å²) in [6.07, 6.45) is 3.84. The van der Waals surface area contributed by atoms with E-state index in [1.165, 1.54) is 0 Å². The Balaban J connectivity index is 1.83. The molecule has 1 aromatic carbocycles. The Hall–Kier alpha value is -1.48. The third kappa shape index (κ3) is 3.00. The number of hydrogen-bond acceptors (Lipinski definition) is 3. The molecule has 0 fully saturated rings. The van der Waals surface area contributed by atoms with Crippen molar-refractivity contribution in [2.75, 3.05) is 13.2 Å². The standard InChI is InChI=1S/C13H17NO2/c14-13(11-5-4-8-15-9-11)10-16-12-6-2-1-3-7-12/h1-3,6-7,9,13H,4-5,8,10,14H2. The lowest BCUT2D eigenvalue weighted by atomic mass is 10.0. The van der Waals surface area contributed by atoms with E-state index in [-0.39, 0.29) is 6.04 Å². The molecule has 2 N–H and O–H groups in total. The third-order valence-corrected chi connectivity index (χ3v) is 2.61. The molecule has 3 nitrogen and oxygen atoms in total. The highest BCUT2D eigenvalue weighted by molar-refractivity contribution is 5.21. The number of para-hydroxylation sites is 1. The van der Waals surface area contributed by atoms with Gasteiger partial charge >= 0.3 is 0 Å². The molecule has 0 amide bonds. The van der Waals surface area contributed by atoms with Crippen molar-refractivity contribution in [2.24, 2.45) is 5.73 Å². The van der Waals surface area contributed by atoms with E-state index >= 15 is 0 Å². The highest BCUT2D eigenvalue weighted by Gasteiger charge is 2.13. The maximum absolute atomic E-state index is 6.02. The summed E-state index contributed by atoms with van der Waals surface area (Å²) in [6.45, 7) is 1.30. The van der Waals surface area contributed by atoms with E-state index in [9.17, 15) is 0 Å². The Kier molecular flexibility index (Phi) is 3.83. The van der Waals surface area contributed by atoms with Crippen molar-refractivity contribution in [3.05, 3.63) is 42.2 Å². The second-order valence-electron chi connectivity index (χ2n) is 3.90. The van der Waals surface area contributed by atoms with E-state index in [4.69, 9.17) is 15.2 Å². The van der Waals surface area contributed by atoms with Gasteiger partial charge in [-0.25, -0.2) is 0 Å². The lowest BCUT2D eigenvalue weighted by Crippen LogP contribution is -2.31. The normalized spacial score (nSPS) is 17.2. The van der Waals surface area contributed by atoms with Gasteiger partial charge in [0, 0.05) is 0 Å². The van der Waals surface area contributed by atoms with Gasteiger partial charge in [0.2, 0.25) is 0 Å². The van der Waals surface area contributed by atoms with Crippen LogP contribution < -0.4 is 10.5 Å². The van der Waals surface area contributed by atoms with Crippen LogP contribution in [0.4, 0.5) is 0 Å². The largest absolute Gasteiger partial charge is 0.501 e. The Morgan fingerprint density at radius 2 is 2.12 bits per heavy atom. The molecule has 0 bridgehead atoms. The van der Waals surface area contributed by atoms with Gasteiger partial charge in [0.25, 0.3) is 0 Å². The van der Waals surface area contributed by atoms with Crippen molar-refractivity contribution in [3.8, 4) is 5.75 Å². The first-order chi connectivity index (χ1) is 7.86. The molecule has 1 aliphatic rings. The van der Waals surface area contributed by atoms with Gasteiger partial charge in [0.1, 0.15) is 12.4 Å². The second kappa shape index (κ2) is 5.56. The van der Waals surface area contributed by atoms with Crippen LogP contribution in [0.3, 0.4) is 0 Å². The van der Waals surface area contributed by atoms with Crippen LogP contribution in [0.2, 0.25) is 0 Å². The van der Waals surface area contributed by atoms with Crippen molar-refractivity contribution in [1.29, 1.82) is 0 Å². The van der Waals surface area contributed by atoms with Crippen LogP contribution in [0.25, 0.3) is 0 Å². The minimum atomic E-state index is -0.0690. The second-order valence-corrected chi connectivity index (χ2v) is 3.90. The molecular weight excluding hydrogens is 202 g/mol. The first-order valence-corrected chi connectivity index (χ1v) is 5.60. The maximum atomic E-state index is 6.02. The summed E-state index contributed by atoms with van der Waals surface area (Å²) in [5.41, 5.74) is 7.16. The van der Waals surface area contributed by atoms with Crippen molar-refractivity contribution in [2.45, 2.75) is 18.9 Å². The zero-order valence-electron chi connectivity index (χ0n) is 9.26. The van der Waals surface area contributed by atoms with Gasteiger partial charge in [0.15, 0.2) is 0 Å². The number of nitrogens with two attached hydrogens (primary N) is 1. The van der Waals surface area contributed by atoms with Crippen LogP contribution in [-0.4, -0.2) is 19.3 Å². The molecule has 16 heavy (non-hydrogen) atoms. The van der Waals surface area contributed by atoms with E-state index in [1.54, 1.807) is 6.26 Å². The quantitative estimate of drug-likeness (QED) is 0.843. The van der Waals surface area contributed by atoms with Crippen LogP contribution in [0.15, 0.2) is 42.2 Å². The molecule has 0 spiro atoms. The van der Waals surface area contributed by atoms with Crippen LogP contribution >= 0.6 is 0 Å². The van der Waals surface area contributed by atoms with Crippen LogP contribution in [0.1, 0.15) is 12.8 Å². The first kappa shape index (κ1) is 11.0. The summed E-state index contributed by atoms with van der Waals surface area (Å²) in [4.78, 5) is 0. The molecule has 0 saturated heterocycles. The molecular formula is C13H17NO2. The molecule has 0 aromatic heterocycles. The molecule has 1 aliphatic heterocycles. The number of benzene rings is 1. The number of rotatable bonds is 4. The molecule has 2 rings (SSSR count). The van der Waals surface area contributed by atoms with E-state index in [0.29, 0.717) is 6.61 Å². The van der Waals surface area contributed by atoms with E-state index in [2.05, 4.69) is 0 Å². The summed E-state index contributed by atoms with van der Waals surface area (Å²) in [5, 5.41) is 0. The molecule has 1 aromatic rings. The minimum Gasteiger partial charge on any atom is -0.501 e. The molecule has 1 atom stereocenters. The summed E-state index contributed by atoms with van der Waals surface area (Å²) >= 11 is 0. The lowest BCUT2D eigenvalue weighted by molar-refractivity contribution is 0.214. The summed E-state index contributed by atoms with van der Waals surface area (Å²) in [6, 6.07) is 9.65. The Morgan fingerprint density at radius 1 is 1.31 bits per heavy atom. The number of ether oxygens (including phenoxy) is 2. The smallest absolute Gasteiger partial charge is 0.119 e. The highest BCUT2D eigenvalue weighted by Crippen LogP contribution is 2.16. The van der Waals surface area contributed by atoms with Gasteiger partial charge < -0.3 is 15.2 Å². The fourth-order valence-corrected chi connectivity index (χ4v) is 1.67. The summed E-state index contributed by atoms with van der Waals surface area (Å²) in [7, 11) is 0. The average molecular weight is 219 g/mol. The molecule has 1 unspecified atom stereocenters. The predicted octanol–water partition coefficient (Wildman–Crippen LogP) is 2.09. The molecule has 0 aliphatic carbocycles. The van der Waals surface area contributed by atoms with Crippen LogP contribution in [0, 0.1) is 0 Å². The zero-order valence-corrected chi connectivity index (χ0v) is 9.26. The van der Waals surface area contributed by atoms with Gasteiger partial charge in [-0.3, -0.25) is 0 Å². The SMILES string of the molecule is NC(COc1ccccc1)C1=COCCC1. The number of hydrogen-bond donors (Lipinski definition) is 1. The Bertz CT molecular complexity index is 348. The van der Waals surface area contributed by atoms with Crippen molar-refractivity contribution >= 4 is 0 Å². The predicted molar refractivity (Wildman–Crippen MR) is 63.2 cm³/mol. The fourth-order valence-electron chi connectivity index (χ4n) is 1.67. The average Bonchev–Trinajstić information content (AvgIpc) is 2.38. The van der Waals surface area contributed by atoms with Crippen LogP contribution in [0.5, 0.6) is 5.75 Å². The fraction of sp³-hybridized carbons (Fsp3) is 0.385. The van der Waals surface area contributed by atoms with Gasteiger partial charge in [-0.05, 0) is 30.5 Å². The molecule has 0 radical (unpaired) electrons. The van der Waals surface area contributed by atoms with Gasteiger partial charge in [-0.2, -0.15) is 0 Å². The molecule has 0 saturated carbocycles. The maximum Gasteiger partial charge on any atom is 0.119 e. The molecule has 3 heteroatoms. The first-order valence-electron chi connectivity index (χ1n) is 5.60. The highest BCUT2D eigenvalue weighted by atomic mass is 16.5. The molecule has 1 heterocycles. The Labute approximate surface area is 95.9 Å². The summed E-state index contributed by atoms with van der Waals surface area (Å²) in [5.74, 6) is 0.857. The van der Waals surface area contributed by atoms with Gasteiger partial charge in [-0.15, -0.1) is 0 Å². The Morgan fingerprint density at radius 3 is 2.81 bits per heavy atom. The third-order valence-electron chi connectivity index (χ3n) is 2.61. The van der Waals surface area contributed by atoms with Crippen molar-refractivity contribution in [1.82, 2.24) is 0 Å². The summed E-state index contributed by atoms with van der Waals surface area (Å²) < 4.78 is 10.9. The van der Waals surface area contributed by atoms with E-state index < -0.39 is 0 Å². The van der Waals surface area contributed by atoms with Gasteiger partial charge in [0.05, 0.1) is 18.9 Å². The topological polar surface area (TPSA) is 44.5 Å². The monoisotopic (exact) mass is 219 g/mol. The van der Waals surface area contributed by atoms with E-state index in [1.807, 2.05) is 30.3 Å². The van der Waals surface area contributed by atoms with Crippen molar-refractivity contribution in [3.63, 3.8) is 0 Å². The van der Waals surface area contributed by atoms with Crippen LogP contribution in [-0.2, 0) is 4.74 Å². The molecule has 86 valence electrons. The van der Waals surface area contributed by atoms with Gasteiger partial charge in [-0.1, -0.05) is 18.2 Å². The lowest BCUT2D eigenvalue weighted by Gasteiger charge is -2.20. The van der Waals surface area contributed by atoms with E-state index in [0.717, 1.165) is 30.8 Å². The zero-order chi connectivity index (χ0) is 11.2. The minimum absolute atomic E-state index is 0.0690. The van der Waals surface area contributed by atoms with Crippen molar-refractivity contribution < 1.29 is 9.47 Å².